The molecule has 2 N–H and O–H groups in total. The van der Waals surface area contributed by atoms with E-state index in [0.717, 1.165) is 16.3 Å². The fourth-order valence-electron chi connectivity index (χ4n) is 2.28. The van der Waals surface area contributed by atoms with Gasteiger partial charge in [0.25, 0.3) is 0 Å². The number of thiophene rings is 1. The van der Waals surface area contributed by atoms with E-state index in [1.807, 2.05) is 23.3 Å². The van der Waals surface area contributed by atoms with E-state index in [4.69, 9.17) is 28.9 Å². The molecule has 2 heterocycles. The molecule has 8 heteroatoms. The average molecular weight is 348 g/mol. The number of nitrogens with zero attached hydrogens (tertiary/aromatic N) is 2. The van der Waals surface area contributed by atoms with Crippen LogP contribution in [0.1, 0.15) is 18.2 Å². The Balaban J connectivity index is 2.27. The Morgan fingerprint density at radius 1 is 1.57 bits per heavy atom. The van der Waals surface area contributed by atoms with Crippen molar-refractivity contribution >= 4 is 34.5 Å². The Kier molecular flexibility index (Phi) is 5.13. The first-order valence-corrected chi connectivity index (χ1v) is 8.07. The topological polar surface area (TPSA) is 72.4 Å². The summed E-state index contributed by atoms with van der Waals surface area (Å²) >= 11 is 13.9. The number of hydrogen-bond donors (Lipinski definition) is 1. The lowest BCUT2D eigenvalue weighted by Gasteiger charge is -2.33. The maximum Gasteiger partial charge on any atom is 0.326 e. The van der Waals surface area contributed by atoms with Gasteiger partial charge in [0.15, 0.2) is 5.16 Å². The molecule has 0 bridgehead atoms. The van der Waals surface area contributed by atoms with Crippen LogP contribution in [0.4, 0.5) is 0 Å². The zero-order valence-electron chi connectivity index (χ0n) is 11.4. The molecular formula is C13H15Cl2N3O2S. The van der Waals surface area contributed by atoms with Crippen LogP contribution in [0.2, 0.25) is 5.02 Å². The Bertz CT molecular complexity index is 612. The van der Waals surface area contributed by atoms with Crippen LogP contribution in [-0.4, -0.2) is 22.4 Å². The third kappa shape index (κ3) is 3.33. The van der Waals surface area contributed by atoms with E-state index in [0.29, 0.717) is 13.0 Å². The first kappa shape index (κ1) is 16.1. The highest BCUT2D eigenvalue weighted by Gasteiger charge is 2.32. The molecule has 0 amide bonds. The van der Waals surface area contributed by atoms with Gasteiger partial charge >= 0.3 is 5.70 Å². The molecule has 1 atom stereocenters. The van der Waals surface area contributed by atoms with Crippen molar-refractivity contribution in [3.05, 3.63) is 54.1 Å². The molecule has 1 aliphatic heterocycles. The molecule has 0 spiro atoms. The molecule has 0 radical (unpaired) electrons. The predicted molar refractivity (Wildman–Crippen MR) is 86.0 cm³/mol. The van der Waals surface area contributed by atoms with Gasteiger partial charge in [0.2, 0.25) is 0 Å². The normalized spacial score (nSPS) is 16.9. The lowest BCUT2D eigenvalue weighted by atomic mass is 10.1. The van der Waals surface area contributed by atoms with Crippen LogP contribution in [0.5, 0.6) is 0 Å². The summed E-state index contributed by atoms with van der Waals surface area (Å²) in [6.45, 7) is 2.48. The molecular weight excluding hydrogens is 333 g/mol. The van der Waals surface area contributed by atoms with Crippen LogP contribution < -0.4 is 5.73 Å². The molecule has 114 valence electrons. The molecule has 2 rings (SSSR count). The largest absolute Gasteiger partial charge is 0.393 e. The minimum Gasteiger partial charge on any atom is -0.393 e. The summed E-state index contributed by atoms with van der Waals surface area (Å²) in [6, 6.07) is 1.88. The molecule has 0 saturated carbocycles. The maximum atomic E-state index is 11.1. The summed E-state index contributed by atoms with van der Waals surface area (Å²) in [5.41, 5.74) is 5.56. The summed E-state index contributed by atoms with van der Waals surface area (Å²) in [6.07, 6.45) is 3.12. The average Bonchev–Trinajstić information content (AvgIpc) is 2.82. The summed E-state index contributed by atoms with van der Waals surface area (Å²) in [7, 11) is 0. The van der Waals surface area contributed by atoms with Crippen molar-refractivity contribution in [1.82, 2.24) is 4.90 Å². The molecule has 1 aromatic heterocycles. The zero-order valence-corrected chi connectivity index (χ0v) is 13.7. The van der Waals surface area contributed by atoms with Crippen molar-refractivity contribution in [1.29, 1.82) is 0 Å². The highest BCUT2D eigenvalue weighted by molar-refractivity contribution is 7.10. The van der Waals surface area contributed by atoms with Crippen molar-refractivity contribution < 1.29 is 4.92 Å². The molecule has 0 unspecified atom stereocenters. The number of rotatable bonds is 5. The van der Waals surface area contributed by atoms with Gasteiger partial charge in [-0.2, -0.15) is 0 Å². The van der Waals surface area contributed by atoms with Gasteiger partial charge in [0.05, 0.1) is 9.95 Å². The predicted octanol–water partition coefficient (Wildman–Crippen LogP) is 3.57. The van der Waals surface area contributed by atoms with E-state index in [-0.39, 0.29) is 22.6 Å². The lowest BCUT2D eigenvalue weighted by molar-refractivity contribution is -0.423. The van der Waals surface area contributed by atoms with Crippen LogP contribution in [0, 0.1) is 10.1 Å². The third-order valence-electron chi connectivity index (χ3n) is 3.44. The van der Waals surface area contributed by atoms with E-state index in [1.54, 1.807) is 17.4 Å². The van der Waals surface area contributed by atoms with Crippen molar-refractivity contribution in [2.45, 2.75) is 25.8 Å². The van der Waals surface area contributed by atoms with Gasteiger partial charge in [0.1, 0.15) is 5.70 Å². The molecule has 0 fully saturated rings. The van der Waals surface area contributed by atoms with E-state index >= 15 is 0 Å². The Morgan fingerprint density at radius 3 is 2.81 bits per heavy atom. The first-order valence-electron chi connectivity index (χ1n) is 6.44. The zero-order chi connectivity index (χ0) is 15.6. The van der Waals surface area contributed by atoms with Crippen LogP contribution in [0.15, 0.2) is 34.1 Å². The van der Waals surface area contributed by atoms with Gasteiger partial charge in [-0.15, -0.1) is 11.3 Å². The number of hydrogen-bond acceptors (Lipinski definition) is 5. The van der Waals surface area contributed by atoms with Crippen LogP contribution in [0.25, 0.3) is 0 Å². The van der Waals surface area contributed by atoms with Gasteiger partial charge in [-0.1, -0.05) is 30.1 Å². The summed E-state index contributed by atoms with van der Waals surface area (Å²) in [5.74, 6) is 0. The Hall–Kier alpha value is -1.24. The maximum absolute atomic E-state index is 11.1. The number of nitro groups is 1. The standard InChI is InChI=1S/C13H15Cl2N3O2S/c1-2-8(7-11-9(14)4-6-21-11)17-5-3-10(16)12(13(17)15)18(19)20/h3-4,6,8H,2,5,7,16H2,1H3/t8-/m1/s1. The second-order valence-electron chi connectivity index (χ2n) is 4.67. The van der Waals surface area contributed by atoms with Crippen LogP contribution in [0.3, 0.4) is 0 Å². The summed E-state index contributed by atoms with van der Waals surface area (Å²) < 4.78 is 0. The second kappa shape index (κ2) is 6.68. The number of halogens is 2. The SMILES string of the molecule is CC[C@H](Cc1sccc1Cl)N1CC=C(N)C([N+](=O)[O-])=C1Cl. The molecule has 0 aliphatic carbocycles. The summed E-state index contributed by atoms with van der Waals surface area (Å²) in [4.78, 5) is 13.4. The van der Waals surface area contributed by atoms with Gasteiger partial charge in [-0.3, -0.25) is 10.1 Å². The fourth-order valence-corrected chi connectivity index (χ4v) is 3.85. The molecule has 1 aromatic rings. The Labute approximate surface area is 136 Å². The minimum atomic E-state index is -0.537. The van der Waals surface area contributed by atoms with Crippen molar-refractivity contribution in [3.8, 4) is 0 Å². The fraction of sp³-hybridized carbons (Fsp3) is 0.385. The van der Waals surface area contributed by atoms with Gasteiger partial charge in [-0.05, 0) is 23.9 Å². The quantitative estimate of drug-likeness (QED) is 0.502. The molecule has 1 aliphatic rings. The number of nitrogens with two attached hydrogens (primary N) is 1. The van der Waals surface area contributed by atoms with Crippen LogP contribution >= 0.6 is 34.5 Å². The molecule has 21 heavy (non-hydrogen) atoms. The van der Waals surface area contributed by atoms with E-state index in [1.165, 1.54) is 0 Å². The smallest absolute Gasteiger partial charge is 0.326 e. The van der Waals surface area contributed by atoms with Gasteiger partial charge < -0.3 is 10.6 Å². The van der Waals surface area contributed by atoms with Gasteiger partial charge in [-0.25, -0.2) is 0 Å². The molecule has 5 nitrogen and oxygen atoms in total. The second-order valence-corrected chi connectivity index (χ2v) is 6.43. The highest BCUT2D eigenvalue weighted by Crippen LogP contribution is 2.31. The van der Waals surface area contributed by atoms with Crippen molar-refractivity contribution in [3.63, 3.8) is 0 Å². The highest BCUT2D eigenvalue weighted by atomic mass is 35.5. The summed E-state index contributed by atoms with van der Waals surface area (Å²) in [5, 5.41) is 13.8. The van der Waals surface area contributed by atoms with Crippen molar-refractivity contribution in [2.24, 2.45) is 5.73 Å². The molecule has 0 aromatic carbocycles. The van der Waals surface area contributed by atoms with Crippen LogP contribution in [-0.2, 0) is 6.42 Å². The Morgan fingerprint density at radius 2 is 2.29 bits per heavy atom. The minimum absolute atomic E-state index is 0.0351. The molecule has 0 saturated heterocycles. The third-order valence-corrected chi connectivity index (χ3v) is 5.24. The van der Waals surface area contributed by atoms with E-state index in [2.05, 4.69) is 0 Å². The van der Waals surface area contributed by atoms with Crippen molar-refractivity contribution in [2.75, 3.05) is 6.54 Å². The monoisotopic (exact) mass is 347 g/mol. The first-order chi connectivity index (χ1) is 9.95. The van der Waals surface area contributed by atoms with Gasteiger partial charge in [0, 0.05) is 23.9 Å². The van der Waals surface area contributed by atoms with E-state index < -0.39 is 4.92 Å². The lowest BCUT2D eigenvalue weighted by Crippen LogP contribution is -2.38. The van der Waals surface area contributed by atoms with E-state index in [9.17, 15) is 10.1 Å².